The molecule has 2 heteroatoms. The summed E-state index contributed by atoms with van der Waals surface area (Å²) in [5.74, 6) is 0. The summed E-state index contributed by atoms with van der Waals surface area (Å²) < 4.78 is 0. The zero-order chi connectivity index (χ0) is 11.1. The van der Waals surface area contributed by atoms with E-state index in [1.54, 1.807) is 11.8 Å². The molecule has 1 N–H and O–H groups in total. The van der Waals surface area contributed by atoms with E-state index in [1.807, 2.05) is 0 Å². The number of rotatable bonds is 1. The van der Waals surface area contributed by atoms with Gasteiger partial charge in [0.2, 0.25) is 0 Å². The lowest BCUT2D eigenvalue weighted by atomic mass is 10.1. The fourth-order valence-corrected chi connectivity index (χ4v) is 2.56. The van der Waals surface area contributed by atoms with Gasteiger partial charge in [0.1, 0.15) is 0 Å². The molecule has 0 bridgehead atoms. The van der Waals surface area contributed by atoms with Crippen LogP contribution in [0.4, 0.5) is 0 Å². The molecule has 16 heavy (non-hydrogen) atoms. The maximum Gasteiger partial charge on any atom is 0.0465 e. The third kappa shape index (κ3) is 1.41. The Kier molecular flexibility index (Phi) is 2.18. The van der Waals surface area contributed by atoms with Gasteiger partial charge in [-0.25, -0.2) is 0 Å². The highest BCUT2D eigenvalue weighted by Crippen LogP contribution is 2.29. The molecule has 0 saturated heterocycles. The second-order valence-electron chi connectivity index (χ2n) is 4.09. The monoisotopic (exact) mass is 227 g/mol. The maximum absolute atomic E-state index is 3.45. The zero-order valence-corrected chi connectivity index (χ0v) is 10.2. The molecule has 0 radical (unpaired) electrons. The molecule has 1 aromatic heterocycles. The minimum absolute atomic E-state index is 1.22. The number of aryl methyl sites for hydroxylation is 1. The summed E-state index contributed by atoms with van der Waals surface area (Å²) in [6.07, 6.45) is 2.11. The van der Waals surface area contributed by atoms with E-state index in [0.29, 0.717) is 0 Å². The van der Waals surface area contributed by atoms with Crippen molar-refractivity contribution in [2.75, 3.05) is 6.26 Å². The normalized spacial score (nSPS) is 11.4. The smallest absolute Gasteiger partial charge is 0.0465 e. The minimum atomic E-state index is 1.22. The first-order chi connectivity index (χ1) is 7.78. The Hall–Kier alpha value is -1.41. The van der Waals surface area contributed by atoms with Gasteiger partial charge in [0.15, 0.2) is 0 Å². The topological polar surface area (TPSA) is 15.8 Å². The number of benzene rings is 2. The second-order valence-corrected chi connectivity index (χ2v) is 4.97. The molecule has 0 aliphatic heterocycles. The summed E-state index contributed by atoms with van der Waals surface area (Å²) in [4.78, 5) is 4.76. The SMILES string of the molecule is CSc1ccc2[nH]c3ccc(C)cc3c2c1. The molecule has 0 spiro atoms. The van der Waals surface area contributed by atoms with Crippen LogP contribution in [0.5, 0.6) is 0 Å². The van der Waals surface area contributed by atoms with Gasteiger partial charge in [-0.1, -0.05) is 11.6 Å². The molecule has 0 amide bonds. The molecule has 0 fully saturated rings. The molecule has 3 rings (SSSR count). The summed E-state index contributed by atoms with van der Waals surface area (Å²) in [5.41, 5.74) is 3.75. The van der Waals surface area contributed by atoms with Crippen molar-refractivity contribution in [3.63, 3.8) is 0 Å². The maximum atomic E-state index is 3.45. The van der Waals surface area contributed by atoms with Gasteiger partial charge in [-0.3, -0.25) is 0 Å². The highest BCUT2D eigenvalue weighted by atomic mass is 32.2. The number of thioether (sulfide) groups is 1. The van der Waals surface area contributed by atoms with Crippen molar-refractivity contribution in [3.05, 3.63) is 42.0 Å². The third-order valence-electron chi connectivity index (χ3n) is 2.96. The first-order valence-electron chi connectivity index (χ1n) is 5.34. The van der Waals surface area contributed by atoms with Gasteiger partial charge < -0.3 is 4.98 Å². The number of H-pyrrole nitrogens is 1. The van der Waals surface area contributed by atoms with Crippen LogP contribution in [0, 0.1) is 6.92 Å². The van der Waals surface area contributed by atoms with Gasteiger partial charge >= 0.3 is 0 Å². The molecule has 3 aromatic rings. The van der Waals surface area contributed by atoms with Gasteiger partial charge in [-0.2, -0.15) is 0 Å². The van der Waals surface area contributed by atoms with Gasteiger partial charge in [0.25, 0.3) is 0 Å². The molecule has 0 aliphatic rings. The van der Waals surface area contributed by atoms with Crippen molar-refractivity contribution in [2.24, 2.45) is 0 Å². The van der Waals surface area contributed by atoms with Gasteiger partial charge in [0, 0.05) is 26.7 Å². The number of aromatic amines is 1. The highest BCUT2D eigenvalue weighted by molar-refractivity contribution is 7.98. The van der Waals surface area contributed by atoms with Crippen molar-refractivity contribution < 1.29 is 0 Å². The molecule has 0 unspecified atom stereocenters. The molecule has 1 nitrogen and oxygen atoms in total. The molecule has 0 atom stereocenters. The summed E-state index contributed by atoms with van der Waals surface area (Å²) in [6, 6.07) is 13.1. The van der Waals surface area contributed by atoms with Gasteiger partial charge in [-0.15, -0.1) is 11.8 Å². The molecule has 1 heterocycles. The van der Waals surface area contributed by atoms with Crippen LogP contribution in [0.1, 0.15) is 5.56 Å². The Morgan fingerprint density at radius 1 is 0.938 bits per heavy atom. The summed E-state index contributed by atoms with van der Waals surface area (Å²) in [6.45, 7) is 2.14. The molecule has 0 saturated carbocycles. The molecular weight excluding hydrogens is 214 g/mol. The highest BCUT2D eigenvalue weighted by Gasteiger charge is 2.04. The van der Waals surface area contributed by atoms with Crippen LogP contribution in [0.25, 0.3) is 21.8 Å². The zero-order valence-electron chi connectivity index (χ0n) is 9.37. The Morgan fingerprint density at radius 3 is 2.38 bits per heavy atom. The quantitative estimate of drug-likeness (QED) is 0.611. The van der Waals surface area contributed by atoms with Crippen molar-refractivity contribution in [3.8, 4) is 0 Å². The number of nitrogens with one attached hydrogen (secondary N) is 1. The summed E-state index contributed by atoms with van der Waals surface area (Å²) in [7, 11) is 0. The van der Waals surface area contributed by atoms with Gasteiger partial charge in [0.05, 0.1) is 0 Å². The Labute approximate surface area is 98.9 Å². The van der Waals surface area contributed by atoms with Crippen LogP contribution < -0.4 is 0 Å². The van der Waals surface area contributed by atoms with E-state index in [1.165, 1.54) is 32.3 Å². The average Bonchev–Trinajstić information content (AvgIpc) is 2.66. The van der Waals surface area contributed by atoms with E-state index < -0.39 is 0 Å². The lowest BCUT2D eigenvalue weighted by molar-refractivity contribution is 1.47. The van der Waals surface area contributed by atoms with Crippen LogP contribution in [-0.2, 0) is 0 Å². The molecular formula is C14H13NS. The van der Waals surface area contributed by atoms with Crippen LogP contribution in [-0.4, -0.2) is 11.2 Å². The first-order valence-corrected chi connectivity index (χ1v) is 6.56. The van der Waals surface area contributed by atoms with Crippen LogP contribution in [0.3, 0.4) is 0 Å². The molecule has 80 valence electrons. The van der Waals surface area contributed by atoms with E-state index in [4.69, 9.17) is 0 Å². The van der Waals surface area contributed by atoms with E-state index in [-0.39, 0.29) is 0 Å². The summed E-state index contributed by atoms with van der Waals surface area (Å²) >= 11 is 1.79. The van der Waals surface area contributed by atoms with E-state index in [9.17, 15) is 0 Å². The lowest BCUT2D eigenvalue weighted by Gasteiger charge is -1.96. The standard InChI is InChI=1S/C14H13NS/c1-9-3-5-13-11(7-9)12-8-10(16-2)4-6-14(12)15-13/h3-8,15H,1-2H3. The number of aromatic nitrogens is 1. The Bertz CT molecular complexity index is 667. The second kappa shape index (κ2) is 3.56. The molecule has 2 aromatic carbocycles. The van der Waals surface area contributed by atoms with E-state index in [2.05, 4.69) is 54.6 Å². The van der Waals surface area contributed by atoms with Crippen LogP contribution in [0.2, 0.25) is 0 Å². The number of hydrogen-bond donors (Lipinski definition) is 1. The van der Waals surface area contributed by atoms with Crippen LogP contribution >= 0.6 is 11.8 Å². The number of fused-ring (bicyclic) bond motifs is 3. The summed E-state index contributed by atoms with van der Waals surface area (Å²) in [5, 5.41) is 2.65. The Morgan fingerprint density at radius 2 is 1.62 bits per heavy atom. The fourth-order valence-electron chi connectivity index (χ4n) is 2.12. The van der Waals surface area contributed by atoms with Crippen molar-refractivity contribution in [2.45, 2.75) is 11.8 Å². The van der Waals surface area contributed by atoms with Crippen LogP contribution in [0.15, 0.2) is 41.3 Å². The number of hydrogen-bond acceptors (Lipinski definition) is 1. The third-order valence-corrected chi connectivity index (χ3v) is 3.69. The van der Waals surface area contributed by atoms with E-state index in [0.717, 1.165) is 0 Å². The molecule has 0 aliphatic carbocycles. The van der Waals surface area contributed by atoms with Crippen molar-refractivity contribution >= 4 is 33.6 Å². The minimum Gasteiger partial charge on any atom is -0.355 e. The van der Waals surface area contributed by atoms with Crippen molar-refractivity contribution in [1.82, 2.24) is 4.98 Å². The largest absolute Gasteiger partial charge is 0.355 e. The average molecular weight is 227 g/mol. The first kappa shape index (κ1) is 9.79. The fraction of sp³-hybridized carbons (Fsp3) is 0.143. The van der Waals surface area contributed by atoms with Crippen molar-refractivity contribution in [1.29, 1.82) is 0 Å². The Balaban J connectivity index is 2.44. The van der Waals surface area contributed by atoms with E-state index >= 15 is 0 Å². The predicted octanol–water partition coefficient (Wildman–Crippen LogP) is 4.35. The lowest BCUT2D eigenvalue weighted by Crippen LogP contribution is -1.72. The van der Waals surface area contributed by atoms with Gasteiger partial charge in [-0.05, 0) is 43.5 Å². The predicted molar refractivity (Wildman–Crippen MR) is 72.3 cm³/mol.